The Morgan fingerprint density at radius 3 is 2.37 bits per heavy atom. The highest BCUT2D eigenvalue weighted by Gasteiger charge is 2.75. The third-order valence-electron chi connectivity index (χ3n) is 9.66. The van der Waals surface area contributed by atoms with Gasteiger partial charge in [-0.05, 0) is 78.9 Å². The van der Waals surface area contributed by atoms with Gasteiger partial charge in [-0.3, -0.25) is 14.4 Å². The number of likely N-dealkylation sites (tertiary alicyclic amines) is 1. The van der Waals surface area contributed by atoms with Gasteiger partial charge in [-0.1, -0.05) is 60.7 Å². The zero-order valence-electron chi connectivity index (χ0n) is 25.6. The zero-order valence-corrected chi connectivity index (χ0v) is 25.6. The van der Waals surface area contributed by atoms with Gasteiger partial charge in [-0.15, -0.1) is 0 Å². The quantitative estimate of drug-likeness (QED) is 0.235. The first-order chi connectivity index (χ1) is 22.4. The molecule has 3 aliphatic rings. The van der Waals surface area contributed by atoms with Gasteiger partial charge in [0.05, 0.1) is 37.2 Å². The molecule has 3 amide bonds. The summed E-state index contributed by atoms with van der Waals surface area (Å²) in [6.45, 7) is 2.08. The average molecular weight is 620 g/mol. The lowest BCUT2D eigenvalue weighted by Gasteiger charge is -2.36. The van der Waals surface area contributed by atoms with Gasteiger partial charge >= 0.3 is 0 Å². The molecule has 3 saturated heterocycles. The fourth-order valence-corrected chi connectivity index (χ4v) is 7.73. The smallest absolute Gasteiger partial charge is 0.250 e. The van der Waals surface area contributed by atoms with Crippen LogP contribution in [0.2, 0.25) is 0 Å². The zero-order chi connectivity index (χ0) is 31.8. The molecule has 0 aliphatic carbocycles. The van der Waals surface area contributed by atoms with E-state index in [1.54, 1.807) is 24.3 Å². The molecule has 3 aliphatic heterocycles. The van der Waals surface area contributed by atoms with Crippen LogP contribution in [-0.4, -0.2) is 64.7 Å². The fraction of sp³-hybridized carbons (Fsp3) is 0.324. The second-order valence-corrected chi connectivity index (χ2v) is 12.3. The molecule has 9 heteroatoms. The van der Waals surface area contributed by atoms with Gasteiger partial charge in [0, 0.05) is 11.4 Å². The number of fused-ring (bicyclic) bond motifs is 2. The standard InChI is InChI=1S/C37H37N3O6/c1-2-45-29-16-14-26(15-17-29)38-34(42)31-30-18-19-37(46-30)32(31)36(44)40(28(22-41)20-23-8-4-3-5-9-23)33(37)35(43)39-27-13-12-24-10-6-7-11-25(24)21-27/h3-17,21,28,30-33,41H,2,18-20,22H2,1H3,(H,38,42)(H,39,43)/t28-,30-,31+,32+,33?,37?/m1/s1. The predicted molar refractivity (Wildman–Crippen MR) is 174 cm³/mol. The van der Waals surface area contributed by atoms with Gasteiger partial charge in [-0.25, -0.2) is 0 Å². The highest BCUT2D eigenvalue weighted by Crippen LogP contribution is 2.59. The molecule has 236 valence electrons. The van der Waals surface area contributed by atoms with Crippen LogP contribution in [-0.2, 0) is 25.5 Å². The lowest BCUT2D eigenvalue weighted by atomic mass is 9.70. The number of nitrogens with one attached hydrogen (secondary N) is 2. The molecule has 4 aromatic rings. The van der Waals surface area contributed by atoms with Crippen molar-refractivity contribution in [2.75, 3.05) is 23.8 Å². The molecule has 3 fully saturated rings. The third kappa shape index (κ3) is 5.19. The van der Waals surface area contributed by atoms with Crippen molar-refractivity contribution >= 4 is 39.9 Å². The topological polar surface area (TPSA) is 117 Å². The minimum absolute atomic E-state index is 0.326. The van der Waals surface area contributed by atoms with Gasteiger partial charge in [0.1, 0.15) is 17.4 Å². The number of hydrogen-bond donors (Lipinski definition) is 3. The maximum atomic E-state index is 14.5. The van der Waals surface area contributed by atoms with Crippen molar-refractivity contribution in [3.05, 3.63) is 103 Å². The molecule has 2 bridgehead atoms. The van der Waals surface area contributed by atoms with Crippen molar-refractivity contribution < 1.29 is 29.0 Å². The van der Waals surface area contributed by atoms with Gasteiger partial charge in [-0.2, -0.15) is 0 Å². The molecule has 6 atom stereocenters. The number of carbonyl (C=O) groups is 3. The van der Waals surface area contributed by atoms with Gasteiger partial charge in [0.15, 0.2) is 0 Å². The Kier molecular flexibility index (Phi) is 7.96. The molecule has 4 aromatic carbocycles. The van der Waals surface area contributed by atoms with Crippen molar-refractivity contribution in [2.45, 2.75) is 50.0 Å². The van der Waals surface area contributed by atoms with E-state index < -0.39 is 41.5 Å². The highest BCUT2D eigenvalue weighted by molar-refractivity contribution is 6.05. The second kappa shape index (κ2) is 12.2. The first-order valence-electron chi connectivity index (χ1n) is 15.9. The molecule has 0 aromatic heterocycles. The number of amides is 3. The van der Waals surface area contributed by atoms with E-state index in [4.69, 9.17) is 9.47 Å². The lowest BCUT2D eigenvalue weighted by molar-refractivity contribution is -0.143. The SMILES string of the molecule is CCOc1ccc(NC(=O)[C@@H]2[C@H]3C(=O)N([C@@H](CO)Cc4ccccc4)C(C(=O)Nc4ccc5ccccc5c4)C34CC[C@H]2O4)cc1. The summed E-state index contributed by atoms with van der Waals surface area (Å²) in [6.07, 6.45) is 0.840. The normalized spacial score (nSPS) is 25.3. The number of aliphatic hydroxyl groups excluding tert-OH is 1. The molecular weight excluding hydrogens is 582 g/mol. The molecular formula is C37H37N3O6. The van der Waals surface area contributed by atoms with Gasteiger partial charge < -0.3 is 30.1 Å². The summed E-state index contributed by atoms with van der Waals surface area (Å²) in [5.41, 5.74) is 0.896. The largest absolute Gasteiger partial charge is 0.494 e. The molecule has 7 rings (SSSR count). The maximum Gasteiger partial charge on any atom is 0.250 e. The molecule has 0 saturated carbocycles. The molecule has 0 radical (unpaired) electrons. The van der Waals surface area contributed by atoms with Crippen molar-refractivity contribution in [2.24, 2.45) is 11.8 Å². The molecule has 9 nitrogen and oxygen atoms in total. The van der Waals surface area contributed by atoms with E-state index in [9.17, 15) is 19.5 Å². The molecule has 46 heavy (non-hydrogen) atoms. The minimum Gasteiger partial charge on any atom is -0.494 e. The monoisotopic (exact) mass is 619 g/mol. The van der Waals surface area contributed by atoms with Crippen LogP contribution in [0.25, 0.3) is 10.8 Å². The van der Waals surface area contributed by atoms with Crippen molar-refractivity contribution in [1.29, 1.82) is 0 Å². The Labute approximate surface area is 267 Å². The summed E-state index contributed by atoms with van der Waals surface area (Å²) in [5, 5.41) is 18.7. The molecule has 1 spiro atoms. The summed E-state index contributed by atoms with van der Waals surface area (Å²) in [6, 6.07) is 28.5. The van der Waals surface area contributed by atoms with Crippen LogP contribution in [0, 0.1) is 11.8 Å². The highest BCUT2D eigenvalue weighted by atomic mass is 16.5. The lowest BCUT2D eigenvalue weighted by Crippen LogP contribution is -2.56. The maximum absolute atomic E-state index is 14.5. The van der Waals surface area contributed by atoms with E-state index in [1.807, 2.05) is 79.7 Å². The van der Waals surface area contributed by atoms with Crippen molar-refractivity contribution in [1.82, 2.24) is 4.90 Å². The first kappa shape index (κ1) is 30.0. The summed E-state index contributed by atoms with van der Waals surface area (Å²) in [4.78, 5) is 44.3. The summed E-state index contributed by atoms with van der Waals surface area (Å²) < 4.78 is 12.1. The van der Waals surface area contributed by atoms with E-state index in [0.29, 0.717) is 43.0 Å². The Bertz CT molecular complexity index is 1760. The Morgan fingerprint density at radius 2 is 1.63 bits per heavy atom. The van der Waals surface area contributed by atoms with Crippen LogP contribution in [0.3, 0.4) is 0 Å². The van der Waals surface area contributed by atoms with E-state index in [0.717, 1.165) is 16.3 Å². The number of aliphatic hydroxyl groups is 1. The number of nitrogens with zero attached hydrogens (tertiary/aromatic N) is 1. The van der Waals surface area contributed by atoms with Crippen LogP contribution in [0.15, 0.2) is 97.1 Å². The third-order valence-corrected chi connectivity index (χ3v) is 9.66. The number of carbonyl (C=O) groups excluding carboxylic acids is 3. The Morgan fingerprint density at radius 1 is 0.935 bits per heavy atom. The minimum atomic E-state index is -1.20. The van der Waals surface area contributed by atoms with E-state index in [1.165, 1.54) is 4.90 Å². The average Bonchev–Trinajstić information content (AvgIpc) is 3.72. The molecule has 3 heterocycles. The molecule has 3 N–H and O–H groups in total. The van der Waals surface area contributed by atoms with E-state index in [2.05, 4.69) is 10.6 Å². The number of ether oxygens (including phenoxy) is 2. The molecule has 2 unspecified atom stereocenters. The van der Waals surface area contributed by atoms with Crippen LogP contribution in [0.4, 0.5) is 11.4 Å². The van der Waals surface area contributed by atoms with Crippen LogP contribution >= 0.6 is 0 Å². The number of anilines is 2. The first-order valence-corrected chi connectivity index (χ1v) is 15.9. The number of benzene rings is 4. The summed E-state index contributed by atoms with van der Waals surface area (Å²) in [5.74, 6) is -2.03. The summed E-state index contributed by atoms with van der Waals surface area (Å²) in [7, 11) is 0. The second-order valence-electron chi connectivity index (χ2n) is 12.3. The van der Waals surface area contributed by atoms with Crippen LogP contribution < -0.4 is 15.4 Å². The van der Waals surface area contributed by atoms with Gasteiger partial charge in [0.2, 0.25) is 17.7 Å². The van der Waals surface area contributed by atoms with E-state index in [-0.39, 0.29) is 18.4 Å². The van der Waals surface area contributed by atoms with Crippen molar-refractivity contribution in [3.63, 3.8) is 0 Å². The van der Waals surface area contributed by atoms with E-state index >= 15 is 0 Å². The number of hydrogen-bond acceptors (Lipinski definition) is 6. The van der Waals surface area contributed by atoms with Crippen molar-refractivity contribution in [3.8, 4) is 5.75 Å². The fourth-order valence-electron chi connectivity index (χ4n) is 7.73. The number of rotatable bonds is 10. The van der Waals surface area contributed by atoms with Crippen LogP contribution in [0.1, 0.15) is 25.3 Å². The van der Waals surface area contributed by atoms with Gasteiger partial charge in [0.25, 0.3) is 0 Å². The predicted octanol–water partition coefficient (Wildman–Crippen LogP) is 4.79. The van der Waals surface area contributed by atoms with Crippen LogP contribution in [0.5, 0.6) is 5.75 Å². The Balaban J connectivity index is 1.22. The Hall–Kier alpha value is -4.73. The summed E-state index contributed by atoms with van der Waals surface area (Å²) >= 11 is 0.